The van der Waals surface area contributed by atoms with E-state index in [1.807, 2.05) is 11.6 Å². The molecule has 2 aliphatic heterocycles. The van der Waals surface area contributed by atoms with E-state index in [0.29, 0.717) is 18.3 Å². The van der Waals surface area contributed by atoms with E-state index in [0.717, 1.165) is 57.7 Å². The maximum Gasteiger partial charge on any atom is 0.273 e. The van der Waals surface area contributed by atoms with Crippen LogP contribution >= 0.6 is 0 Å². The minimum absolute atomic E-state index is 0.120. The summed E-state index contributed by atoms with van der Waals surface area (Å²) in [5, 5.41) is 14.8. The molecule has 2 aliphatic rings. The normalized spacial score (nSPS) is 18.3. The molecule has 0 spiro atoms. The van der Waals surface area contributed by atoms with Gasteiger partial charge in [-0.2, -0.15) is 0 Å². The zero-order valence-electron chi connectivity index (χ0n) is 15.9. The molecule has 1 amide bonds. The Balaban J connectivity index is 1.29. The smallest absolute Gasteiger partial charge is 0.273 e. The second kappa shape index (κ2) is 8.19. The quantitative estimate of drug-likeness (QED) is 0.832. The topological polar surface area (TPSA) is 75.1 Å². The van der Waals surface area contributed by atoms with Crippen LogP contribution in [-0.2, 0) is 13.0 Å². The summed E-state index contributed by atoms with van der Waals surface area (Å²) in [7, 11) is 0. The molecule has 0 saturated carbocycles. The summed E-state index contributed by atoms with van der Waals surface area (Å²) < 4.78 is 1.93. The molecule has 2 N–H and O–H groups in total. The fourth-order valence-corrected chi connectivity index (χ4v) is 4.10. The molecule has 27 heavy (non-hydrogen) atoms. The maximum atomic E-state index is 12.5. The molecule has 1 aromatic carbocycles. The van der Waals surface area contributed by atoms with Crippen LogP contribution in [0, 0.1) is 6.92 Å². The standard InChI is InChI=1S/C20H28N6O/c1-15-19(23-24-26(15)18-6-9-21-10-7-18)20(27)22-11-13-25-12-8-16-4-2-3-5-17(16)14-25/h2-5,18,21H,6-14H2,1H3,(H,22,27). The van der Waals surface area contributed by atoms with Crippen molar-refractivity contribution >= 4 is 5.91 Å². The SMILES string of the molecule is Cc1c(C(=O)NCCN2CCc3ccccc3C2)nnn1C1CCNCC1. The van der Waals surface area contributed by atoms with E-state index in [1.165, 1.54) is 11.1 Å². The van der Waals surface area contributed by atoms with Crippen LogP contribution in [0.25, 0.3) is 0 Å². The van der Waals surface area contributed by atoms with E-state index in [4.69, 9.17) is 0 Å². The minimum Gasteiger partial charge on any atom is -0.349 e. The van der Waals surface area contributed by atoms with Crippen LogP contribution < -0.4 is 10.6 Å². The summed E-state index contributed by atoms with van der Waals surface area (Å²) in [6.45, 7) is 7.39. The third-order valence-electron chi connectivity index (χ3n) is 5.72. The van der Waals surface area contributed by atoms with Gasteiger partial charge in [0.05, 0.1) is 11.7 Å². The molecule has 0 bridgehead atoms. The van der Waals surface area contributed by atoms with Gasteiger partial charge in [0, 0.05) is 26.2 Å². The van der Waals surface area contributed by atoms with E-state index in [-0.39, 0.29) is 5.91 Å². The molecule has 3 heterocycles. The van der Waals surface area contributed by atoms with Crippen molar-refractivity contribution in [1.82, 2.24) is 30.5 Å². The summed E-state index contributed by atoms with van der Waals surface area (Å²) in [5.41, 5.74) is 4.17. The first-order valence-electron chi connectivity index (χ1n) is 9.92. The predicted octanol–water partition coefficient (Wildman–Crippen LogP) is 1.30. The average Bonchev–Trinajstić information content (AvgIpc) is 3.10. The summed E-state index contributed by atoms with van der Waals surface area (Å²) in [4.78, 5) is 14.9. The molecule has 1 fully saturated rings. The Morgan fingerprint density at radius 1 is 1.26 bits per heavy atom. The van der Waals surface area contributed by atoms with Gasteiger partial charge in [-0.1, -0.05) is 29.5 Å². The van der Waals surface area contributed by atoms with Gasteiger partial charge in [-0.3, -0.25) is 9.69 Å². The van der Waals surface area contributed by atoms with Crippen LogP contribution in [0.3, 0.4) is 0 Å². The van der Waals surface area contributed by atoms with E-state index < -0.39 is 0 Å². The minimum atomic E-state index is -0.120. The first-order valence-corrected chi connectivity index (χ1v) is 9.92. The highest BCUT2D eigenvalue weighted by Crippen LogP contribution is 2.20. The first kappa shape index (κ1) is 18.1. The number of carbonyl (C=O) groups excluding carboxylic acids is 1. The molecule has 1 aromatic heterocycles. The van der Waals surface area contributed by atoms with Crippen molar-refractivity contribution < 1.29 is 4.79 Å². The number of benzene rings is 1. The number of carbonyl (C=O) groups is 1. The number of rotatable bonds is 5. The number of fused-ring (bicyclic) bond motifs is 1. The number of nitrogens with one attached hydrogen (secondary N) is 2. The van der Waals surface area contributed by atoms with Crippen molar-refractivity contribution in [3.63, 3.8) is 0 Å². The highest BCUT2D eigenvalue weighted by molar-refractivity contribution is 5.93. The number of hydrogen-bond acceptors (Lipinski definition) is 5. The first-order chi connectivity index (χ1) is 13.2. The molecule has 4 rings (SSSR count). The van der Waals surface area contributed by atoms with Crippen LogP contribution in [0.1, 0.15) is 46.2 Å². The Bertz CT molecular complexity index is 796. The van der Waals surface area contributed by atoms with Gasteiger partial charge in [-0.05, 0) is 50.4 Å². The number of aromatic nitrogens is 3. The summed E-state index contributed by atoms with van der Waals surface area (Å²) >= 11 is 0. The second-order valence-electron chi connectivity index (χ2n) is 7.50. The van der Waals surface area contributed by atoms with Gasteiger partial charge in [0.15, 0.2) is 5.69 Å². The second-order valence-corrected chi connectivity index (χ2v) is 7.50. The van der Waals surface area contributed by atoms with E-state index in [1.54, 1.807) is 0 Å². The van der Waals surface area contributed by atoms with Crippen LogP contribution in [0.4, 0.5) is 0 Å². The van der Waals surface area contributed by atoms with Crippen molar-refractivity contribution in [1.29, 1.82) is 0 Å². The Morgan fingerprint density at radius 3 is 2.85 bits per heavy atom. The highest BCUT2D eigenvalue weighted by atomic mass is 16.2. The van der Waals surface area contributed by atoms with Crippen LogP contribution in [-0.4, -0.2) is 58.5 Å². The Labute approximate surface area is 160 Å². The van der Waals surface area contributed by atoms with Gasteiger partial charge in [-0.25, -0.2) is 4.68 Å². The predicted molar refractivity (Wildman–Crippen MR) is 104 cm³/mol. The average molecular weight is 368 g/mol. The Morgan fingerprint density at radius 2 is 2.04 bits per heavy atom. The summed E-state index contributed by atoms with van der Waals surface area (Å²) in [5.74, 6) is -0.120. The number of nitrogens with zero attached hydrogens (tertiary/aromatic N) is 4. The summed E-state index contributed by atoms with van der Waals surface area (Å²) in [6.07, 6.45) is 3.14. The molecule has 144 valence electrons. The van der Waals surface area contributed by atoms with E-state index in [2.05, 4.69) is 50.1 Å². The lowest BCUT2D eigenvalue weighted by Crippen LogP contribution is -2.38. The van der Waals surface area contributed by atoms with Crippen LogP contribution in [0.5, 0.6) is 0 Å². The lowest BCUT2D eigenvalue weighted by Gasteiger charge is -2.28. The third-order valence-corrected chi connectivity index (χ3v) is 5.72. The van der Waals surface area contributed by atoms with Gasteiger partial charge in [0.1, 0.15) is 0 Å². The van der Waals surface area contributed by atoms with Gasteiger partial charge >= 0.3 is 0 Å². The fourth-order valence-electron chi connectivity index (χ4n) is 4.10. The Hall–Kier alpha value is -2.25. The zero-order valence-corrected chi connectivity index (χ0v) is 15.9. The molecule has 2 aromatic rings. The highest BCUT2D eigenvalue weighted by Gasteiger charge is 2.23. The lowest BCUT2D eigenvalue weighted by molar-refractivity contribution is 0.0941. The van der Waals surface area contributed by atoms with E-state index >= 15 is 0 Å². The van der Waals surface area contributed by atoms with Crippen molar-refractivity contribution in [2.75, 3.05) is 32.7 Å². The molecule has 0 atom stereocenters. The van der Waals surface area contributed by atoms with Gasteiger partial charge in [0.25, 0.3) is 5.91 Å². The maximum absolute atomic E-state index is 12.5. The van der Waals surface area contributed by atoms with Gasteiger partial charge in [-0.15, -0.1) is 5.10 Å². The molecular formula is C20H28N6O. The third kappa shape index (κ3) is 4.04. The molecule has 0 radical (unpaired) electrons. The summed E-state index contributed by atoms with van der Waals surface area (Å²) in [6, 6.07) is 8.95. The number of piperidine rings is 1. The molecular weight excluding hydrogens is 340 g/mol. The van der Waals surface area contributed by atoms with Crippen molar-refractivity contribution in [3.8, 4) is 0 Å². The molecule has 0 unspecified atom stereocenters. The van der Waals surface area contributed by atoms with Gasteiger partial charge < -0.3 is 10.6 Å². The zero-order chi connectivity index (χ0) is 18.6. The molecule has 7 heteroatoms. The lowest BCUT2D eigenvalue weighted by atomic mass is 10.00. The number of hydrogen-bond donors (Lipinski definition) is 2. The molecule has 1 saturated heterocycles. The number of amides is 1. The van der Waals surface area contributed by atoms with Gasteiger partial charge in [0.2, 0.25) is 0 Å². The van der Waals surface area contributed by atoms with Crippen LogP contribution in [0.2, 0.25) is 0 Å². The monoisotopic (exact) mass is 368 g/mol. The van der Waals surface area contributed by atoms with Crippen LogP contribution in [0.15, 0.2) is 24.3 Å². The molecule has 0 aliphatic carbocycles. The van der Waals surface area contributed by atoms with E-state index in [9.17, 15) is 4.79 Å². The largest absolute Gasteiger partial charge is 0.349 e. The fraction of sp³-hybridized carbons (Fsp3) is 0.550. The van der Waals surface area contributed by atoms with Crippen molar-refractivity contribution in [2.24, 2.45) is 0 Å². The molecule has 7 nitrogen and oxygen atoms in total. The van der Waals surface area contributed by atoms with Crippen molar-refractivity contribution in [3.05, 3.63) is 46.8 Å². The van der Waals surface area contributed by atoms with Crippen molar-refractivity contribution in [2.45, 2.75) is 38.8 Å². The Kier molecular flexibility index (Phi) is 5.50.